The molecule has 0 heterocycles. The van der Waals surface area contributed by atoms with Crippen LogP contribution in [0, 0.1) is 0 Å². The minimum atomic E-state index is -0.590. The first-order valence-electron chi connectivity index (χ1n) is 5.25. The van der Waals surface area contributed by atoms with Crippen molar-refractivity contribution in [2.45, 2.75) is 13.0 Å². The average molecular weight is 252 g/mol. The van der Waals surface area contributed by atoms with E-state index in [1.807, 2.05) is 13.2 Å². The standard InChI is InChI=1S/C12H16N2O2S/c1-8(7-17-2)14-12(16)10-6-4-3-5-9(10)11(13)15/h3-6,8H,7H2,1-2H3,(H2,13,15)(H,14,16). The molecule has 0 radical (unpaired) electrons. The summed E-state index contributed by atoms with van der Waals surface area (Å²) in [6.45, 7) is 1.92. The molecular weight excluding hydrogens is 236 g/mol. The van der Waals surface area contributed by atoms with Gasteiger partial charge in [-0.25, -0.2) is 0 Å². The number of nitrogens with two attached hydrogens (primary N) is 1. The topological polar surface area (TPSA) is 72.2 Å². The van der Waals surface area contributed by atoms with Gasteiger partial charge in [-0.15, -0.1) is 0 Å². The molecule has 1 aromatic rings. The predicted molar refractivity (Wildman–Crippen MR) is 70.3 cm³/mol. The minimum absolute atomic E-state index is 0.0541. The van der Waals surface area contributed by atoms with Crippen LogP contribution in [-0.2, 0) is 0 Å². The lowest BCUT2D eigenvalue weighted by molar-refractivity contribution is 0.0928. The summed E-state index contributed by atoms with van der Waals surface area (Å²) >= 11 is 1.65. The van der Waals surface area contributed by atoms with Crippen molar-refractivity contribution in [2.24, 2.45) is 5.73 Å². The van der Waals surface area contributed by atoms with Crippen molar-refractivity contribution in [3.05, 3.63) is 35.4 Å². The summed E-state index contributed by atoms with van der Waals surface area (Å²) in [7, 11) is 0. The predicted octanol–water partition coefficient (Wildman–Crippen LogP) is 1.27. The number of carbonyl (C=O) groups excluding carboxylic acids is 2. The first-order valence-corrected chi connectivity index (χ1v) is 6.64. The Labute approximate surface area is 105 Å². The van der Waals surface area contributed by atoms with E-state index in [-0.39, 0.29) is 17.5 Å². The van der Waals surface area contributed by atoms with Gasteiger partial charge in [0.15, 0.2) is 0 Å². The van der Waals surface area contributed by atoms with Crippen LogP contribution in [0.3, 0.4) is 0 Å². The van der Waals surface area contributed by atoms with Crippen molar-refractivity contribution in [3.63, 3.8) is 0 Å². The smallest absolute Gasteiger partial charge is 0.252 e. The van der Waals surface area contributed by atoms with Gasteiger partial charge in [0, 0.05) is 11.8 Å². The van der Waals surface area contributed by atoms with Gasteiger partial charge in [0.25, 0.3) is 5.91 Å². The number of hydrogen-bond acceptors (Lipinski definition) is 3. The molecule has 1 rings (SSSR count). The normalized spacial score (nSPS) is 11.9. The largest absolute Gasteiger partial charge is 0.366 e. The van der Waals surface area contributed by atoms with Crippen LogP contribution in [0.4, 0.5) is 0 Å². The second-order valence-electron chi connectivity index (χ2n) is 3.74. The van der Waals surface area contributed by atoms with Gasteiger partial charge in [-0.2, -0.15) is 11.8 Å². The SMILES string of the molecule is CSCC(C)NC(=O)c1ccccc1C(N)=O. The number of carbonyl (C=O) groups is 2. The fraction of sp³-hybridized carbons (Fsp3) is 0.333. The molecular formula is C12H16N2O2S. The van der Waals surface area contributed by atoms with Gasteiger partial charge >= 0.3 is 0 Å². The van der Waals surface area contributed by atoms with E-state index in [0.29, 0.717) is 5.56 Å². The molecule has 2 amide bonds. The maximum absolute atomic E-state index is 11.9. The molecule has 0 saturated carbocycles. The fourth-order valence-electron chi connectivity index (χ4n) is 1.49. The van der Waals surface area contributed by atoms with Crippen LogP contribution in [0.2, 0.25) is 0 Å². The van der Waals surface area contributed by atoms with E-state index in [2.05, 4.69) is 5.32 Å². The van der Waals surface area contributed by atoms with Crippen molar-refractivity contribution in [3.8, 4) is 0 Å². The molecule has 1 atom stereocenters. The third-order valence-corrected chi connectivity index (χ3v) is 3.06. The Morgan fingerprint density at radius 2 is 1.94 bits per heavy atom. The van der Waals surface area contributed by atoms with Crippen LogP contribution >= 0.6 is 11.8 Å². The van der Waals surface area contributed by atoms with Crippen LogP contribution in [0.25, 0.3) is 0 Å². The summed E-state index contributed by atoms with van der Waals surface area (Å²) in [5.74, 6) is -0.0287. The van der Waals surface area contributed by atoms with E-state index in [9.17, 15) is 9.59 Å². The third-order valence-electron chi connectivity index (χ3n) is 2.23. The molecule has 0 aromatic heterocycles. The minimum Gasteiger partial charge on any atom is -0.366 e. The monoisotopic (exact) mass is 252 g/mol. The summed E-state index contributed by atoms with van der Waals surface area (Å²) < 4.78 is 0. The summed E-state index contributed by atoms with van der Waals surface area (Å²) in [6, 6.07) is 6.60. The highest BCUT2D eigenvalue weighted by Crippen LogP contribution is 2.08. The van der Waals surface area contributed by atoms with Gasteiger partial charge in [-0.1, -0.05) is 12.1 Å². The molecule has 92 valence electrons. The van der Waals surface area contributed by atoms with Gasteiger partial charge < -0.3 is 11.1 Å². The summed E-state index contributed by atoms with van der Waals surface area (Å²) in [6.07, 6.45) is 1.97. The van der Waals surface area contributed by atoms with E-state index >= 15 is 0 Å². The Morgan fingerprint density at radius 1 is 1.35 bits per heavy atom. The molecule has 17 heavy (non-hydrogen) atoms. The maximum Gasteiger partial charge on any atom is 0.252 e. The zero-order valence-electron chi connectivity index (χ0n) is 9.90. The van der Waals surface area contributed by atoms with Gasteiger partial charge in [-0.3, -0.25) is 9.59 Å². The highest BCUT2D eigenvalue weighted by molar-refractivity contribution is 7.98. The van der Waals surface area contributed by atoms with E-state index in [4.69, 9.17) is 5.73 Å². The number of hydrogen-bond donors (Lipinski definition) is 2. The number of rotatable bonds is 5. The Kier molecular flexibility index (Phi) is 5.03. The molecule has 5 heteroatoms. The molecule has 0 saturated heterocycles. The van der Waals surface area contributed by atoms with Crippen LogP contribution in [0.5, 0.6) is 0 Å². The number of nitrogens with one attached hydrogen (secondary N) is 1. The Morgan fingerprint density at radius 3 is 2.47 bits per heavy atom. The molecule has 0 spiro atoms. The van der Waals surface area contributed by atoms with E-state index in [1.54, 1.807) is 36.0 Å². The van der Waals surface area contributed by atoms with Crippen molar-refractivity contribution >= 4 is 23.6 Å². The second-order valence-corrected chi connectivity index (χ2v) is 4.65. The molecule has 0 aliphatic heterocycles. The number of primary amides is 1. The van der Waals surface area contributed by atoms with E-state index in [0.717, 1.165) is 5.75 Å². The maximum atomic E-state index is 11.9. The molecule has 0 aliphatic rings. The highest BCUT2D eigenvalue weighted by Gasteiger charge is 2.15. The number of thioether (sulfide) groups is 1. The Bertz CT molecular complexity index is 421. The zero-order chi connectivity index (χ0) is 12.8. The molecule has 4 nitrogen and oxygen atoms in total. The average Bonchev–Trinajstić information content (AvgIpc) is 2.29. The van der Waals surface area contributed by atoms with Crippen LogP contribution in [-0.4, -0.2) is 29.9 Å². The lowest BCUT2D eigenvalue weighted by atomic mass is 10.1. The lowest BCUT2D eigenvalue weighted by Crippen LogP contribution is -2.35. The van der Waals surface area contributed by atoms with Crippen LogP contribution in [0.1, 0.15) is 27.6 Å². The van der Waals surface area contributed by atoms with E-state index < -0.39 is 5.91 Å². The van der Waals surface area contributed by atoms with Crippen molar-refractivity contribution in [2.75, 3.05) is 12.0 Å². The Balaban J connectivity index is 2.85. The van der Waals surface area contributed by atoms with E-state index in [1.165, 1.54) is 0 Å². The second kappa shape index (κ2) is 6.30. The molecule has 1 aromatic carbocycles. The van der Waals surface area contributed by atoms with Gasteiger partial charge in [0.05, 0.1) is 11.1 Å². The Hall–Kier alpha value is -1.49. The third kappa shape index (κ3) is 3.78. The first-order chi connectivity index (χ1) is 8.06. The van der Waals surface area contributed by atoms with Crippen molar-refractivity contribution < 1.29 is 9.59 Å². The summed E-state index contributed by atoms with van der Waals surface area (Å²) in [4.78, 5) is 23.1. The fourth-order valence-corrected chi connectivity index (χ4v) is 2.07. The summed E-state index contributed by atoms with van der Waals surface area (Å²) in [5.41, 5.74) is 5.80. The van der Waals surface area contributed by atoms with Gasteiger partial charge in [0.1, 0.15) is 0 Å². The zero-order valence-corrected chi connectivity index (χ0v) is 10.7. The van der Waals surface area contributed by atoms with Crippen molar-refractivity contribution in [1.82, 2.24) is 5.32 Å². The van der Waals surface area contributed by atoms with Crippen LogP contribution < -0.4 is 11.1 Å². The first kappa shape index (κ1) is 13.6. The molecule has 3 N–H and O–H groups in total. The van der Waals surface area contributed by atoms with Gasteiger partial charge in [-0.05, 0) is 25.3 Å². The molecule has 0 fully saturated rings. The molecule has 0 aliphatic carbocycles. The summed E-state index contributed by atoms with van der Waals surface area (Å²) in [5, 5.41) is 2.82. The van der Waals surface area contributed by atoms with Crippen LogP contribution in [0.15, 0.2) is 24.3 Å². The lowest BCUT2D eigenvalue weighted by Gasteiger charge is -2.13. The van der Waals surface area contributed by atoms with Crippen molar-refractivity contribution in [1.29, 1.82) is 0 Å². The molecule has 0 bridgehead atoms. The number of benzene rings is 1. The molecule has 1 unspecified atom stereocenters. The highest BCUT2D eigenvalue weighted by atomic mass is 32.2. The quantitative estimate of drug-likeness (QED) is 0.829. The number of amides is 2. The van der Waals surface area contributed by atoms with Gasteiger partial charge in [0.2, 0.25) is 5.91 Å².